The molecule has 0 aromatic heterocycles. The van der Waals surface area contributed by atoms with Gasteiger partial charge in [-0.15, -0.1) is 0 Å². The molecule has 0 heterocycles. The Balaban J connectivity index is 0. The Morgan fingerprint density at radius 3 is 1.59 bits per heavy atom. The van der Waals surface area contributed by atoms with E-state index in [1.54, 1.807) is 30.3 Å². The molecule has 0 spiro atoms. The fourth-order valence-corrected chi connectivity index (χ4v) is 4.08. The summed E-state index contributed by atoms with van der Waals surface area (Å²) in [5.74, 6) is -0.481. The maximum atomic E-state index is 11.9. The van der Waals surface area contributed by atoms with Crippen molar-refractivity contribution >= 4 is 45.6 Å². The van der Waals surface area contributed by atoms with Crippen LogP contribution in [-0.4, -0.2) is 50.5 Å². The van der Waals surface area contributed by atoms with E-state index in [-0.39, 0.29) is 41.1 Å². The van der Waals surface area contributed by atoms with Crippen molar-refractivity contribution in [3.63, 3.8) is 0 Å². The maximum absolute atomic E-state index is 11.9. The van der Waals surface area contributed by atoms with Crippen molar-refractivity contribution in [2.45, 2.75) is 102 Å². The SMILES string of the molecule is C=CC(N)=O.CCCCCCCCCCCCCCCCOS(=O)(=O)c1ccccc1.[NaH]. The molecule has 0 aliphatic rings. The molecule has 0 saturated heterocycles. The van der Waals surface area contributed by atoms with Crippen LogP contribution in [0.1, 0.15) is 96.8 Å². The van der Waals surface area contributed by atoms with Gasteiger partial charge in [-0.25, -0.2) is 0 Å². The molecular formula is C25H44NNaO4S. The average molecular weight is 478 g/mol. The van der Waals surface area contributed by atoms with Gasteiger partial charge < -0.3 is 5.73 Å². The van der Waals surface area contributed by atoms with Crippen LogP contribution in [0.2, 0.25) is 0 Å². The standard InChI is InChI=1S/C22H38O3S.C3H5NO.Na.H/c1-2-3-4-5-6-7-8-9-10-11-12-13-14-18-21-25-26(23,24)22-19-16-15-17-20-22;1-2-3(4)5;;/h15-17,19-20H,2-14,18,21H2,1H3;2H,1H2,(H2,4,5);;. The Morgan fingerprint density at radius 2 is 1.22 bits per heavy atom. The van der Waals surface area contributed by atoms with Gasteiger partial charge >= 0.3 is 29.6 Å². The summed E-state index contributed by atoms with van der Waals surface area (Å²) in [6.07, 6.45) is 19.1. The van der Waals surface area contributed by atoms with E-state index in [4.69, 9.17) is 4.18 Å². The Labute approximate surface area is 219 Å². The summed E-state index contributed by atoms with van der Waals surface area (Å²) in [6.45, 7) is 5.64. The number of hydrogen-bond acceptors (Lipinski definition) is 4. The molecule has 0 bridgehead atoms. The van der Waals surface area contributed by atoms with Gasteiger partial charge in [-0.1, -0.05) is 115 Å². The van der Waals surface area contributed by atoms with Crippen LogP contribution in [0.5, 0.6) is 0 Å². The van der Waals surface area contributed by atoms with Gasteiger partial charge in [0.05, 0.1) is 11.5 Å². The summed E-state index contributed by atoms with van der Waals surface area (Å²) in [6, 6.07) is 8.36. The topological polar surface area (TPSA) is 86.5 Å². The summed E-state index contributed by atoms with van der Waals surface area (Å²) >= 11 is 0. The molecule has 32 heavy (non-hydrogen) atoms. The first-order valence-corrected chi connectivity index (χ1v) is 13.2. The van der Waals surface area contributed by atoms with E-state index in [2.05, 4.69) is 19.2 Å². The molecule has 1 amide bonds. The number of carbonyl (C=O) groups is 1. The van der Waals surface area contributed by atoms with Crippen LogP contribution in [0.25, 0.3) is 0 Å². The molecule has 0 saturated carbocycles. The van der Waals surface area contributed by atoms with Crippen LogP contribution in [0.4, 0.5) is 0 Å². The van der Waals surface area contributed by atoms with Crippen LogP contribution in [0, 0.1) is 0 Å². The van der Waals surface area contributed by atoms with Gasteiger partial charge in [0.1, 0.15) is 0 Å². The molecule has 1 aromatic carbocycles. The van der Waals surface area contributed by atoms with E-state index in [9.17, 15) is 13.2 Å². The molecule has 1 rings (SSSR count). The van der Waals surface area contributed by atoms with Gasteiger partial charge in [0, 0.05) is 0 Å². The normalized spacial score (nSPS) is 10.5. The molecule has 180 valence electrons. The van der Waals surface area contributed by atoms with E-state index in [0.29, 0.717) is 0 Å². The van der Waals surface area contributed by atoms with Crippen LogP contribution >= 0.6 is 0 Å². The molecule has 0 radical (unpaired) electrons. The van der Waals surface area contributed by atoms with E-state index in [1.807, 2.05) is 0 Å². The molecule has 2 N–H and O–H groups in total. The molecular weight excluding hydrogens is 433 g/mol. The molecule has 5 nitrogen and oxygen atoms in total. The molecule has 0 aliphatic carbocycles. The fraction of sp³-hybridized carbons (Fsp3) is 0.640. The zero-order valence-corrected chi connectivity index (χ0v) is 20.2. The quantitative estimate of drug-likeness (QED) is 0.124. The van der Waals surface area contributed by atoms with Gasteiger partial charge in [0.25, 0.3) is 10.1 Å². The van der Waals surface area contributed by atoms with E-state index in [1.165, 1.54) is 77.0 Å². The van der Waals surface area contributed by atoms with Crippen molar-refractivity contribution in [2.24, 2.45) is 5.73 Å². The van der Waals surface area contributed by atoms with E-state index < -0.39 is 16.0 Å². The molecule has 0 fully saturated rings. The molecule has 1 aromatic rings. The summed E-state index contributed by atoms with van der Waals surface area (Å²) in [4.78, 5) is 9.71. The number of carbonyl (C=O) groups excluding carboxylic acids is 1. The van der Waals surface area contributed by atoms with Gasteiger partial charge in [-0.3, -0.25) is 8.98 Å². The van der Waals surface area contributed by atoms with E-state index >= 15 is 0 Å². The number of amides is 1. The number of nitrogens with two attached hydrogens (primary N) is 1. The zero-order valence-electron chi connectivity index (χ0n) is 19.4. The van der Waals surface area contributed by atoms with Gasteiger partial charge in [-0.2, -0.15) is 8.42 Å². The van der Waals surface area contributed by atoms with Crippen molar-refractivity contribution in [3.8, 4) is 0 Å². The second-order valence-electron chi connectivity index (χ2n) is 7.79. The Kier molecular flexibility index (Phi) is 24.6. The fourth-order valence-electron chi connectivity index (χ4n) is 3.12. The van der Waals surface area contributed by atoms with Crippen LogP contribution in [-0.2, 0) is 19.1 Å². The van der Waals surface area contributed by atoms with Crippen LogP contribution in [0.3, 0.4) is 0 Å². The summed E-state index contributed by atoms with van der Waals surface area (Å²) in [5.41, 5.74) is 4.53. The summed E-state index contributed by atoms with van der Waals surface area (Å²) in [5, 5.41) is 0. The monoisotopic (exact) mass is 477 g/mol. The Bertz CT molecular complexity index is 666. The van der Waals surface area contributed by atoms with Crippen LogP contribution in [0.15, 0.2) is 47.9 Å². The van der Waals surface area contributed by atoms with Crippen LogP contribution < -0.4 is 5.73 Å². The van der Waals surface area contributed by atoms with Crippen molar-refractivity contribution in [1.82, 2.24) is 0 Å². The minimum atomic E-state index is -3.58. The molecule has 0 unspecified atom stereocenters. The molecule has 0 aliphatic heterocycles. The van der Waals surface area contributed by atoms with Gasteiger partial charge in [0.2, 0.25) is 5.91 Å². The Morgan fingerprint density at radius 1 is 0.844 bits per heavy atom. The third kappa shape index (κ3) is 21.2. The summed E-state index contributed by atoms with van der Waals surface area (Å²) < 4.78 is 29.0. The van der Waals surface area contributed by atoms with Gasteiger partial charge in [-0.05, 0) is 24.6 Å². The molecule has 7 heteroatoms. The minimum absolute atomic E-state index is 0. The van der Waals surface area contributed by atoms with Crippen molar-refractivity contribution in [3.05, 3.63) is 43.0 Å². The predicted molar refractivity (Wildman–Crippen MR) is 136 cm³/mol. The zero-order chi connectivity index (χ0) is 23.2. The van der Waals surface area contributed by atoms with E-state index in [0.717, 1.165) is 18.9 Å². The average Bonchev–Trinajstić information content (AvgIpc) is 2.77. The number of primary amides is 1. The third-order valence-electron chi connectivity index (χ3n) is 4.97. The van der Waals surface area contributed by atoms with Crippen molar-refractivity contribution < 1.29 is 17.4 Å². The summed E-state index contributed by atoms with van der Waals surface area (Å²) in [7, 11) is -3.58. The van der Waals surface area contributed by atoms with Crippen molar-refractivity contribution in [2.75, 3.05) is 6.61 Å². The first kappa shape index (κ1) is 33.5. The predicted octanol–water partition coefficient (Wildman–Crippen LogP) is 5.88. The number of benzene rings is 1. The number of hydrogen-bond donors (Lipinski definition) is 1. The molecule has 0 atom stereocenters. The third-order valence-corrected chi connectivity index (χ3v) is 6.30. The first-order valence-electron chi connectivity index (χ1n) is 11.8. The number of unbranched alkanes of at least 4 members (excludes halogenated alkanes) is 13. The second-order valence-corrected chi connectivity index (χ2v) is 9.41. The first-order chi connectivity index (χ1) is 14.9. The number of rotatable bonds is 18. The Hall–Kier alpha value is -0.660. The second kappa shape index (κ2) is 23.5. The van der Waals surface area contributed by atoms with Gasteiger partial charge in [0.15, 0.2) is 0 Å². The van der Waals surface area contributed by atoms with Crippen molar-refractivity contribution in [1.29, 1.82) is 0 Å².